The van der Waals surface area contributed by atoms with Gasteiger partial charge in [-0.1, -0.05) is 48.5 Å². The van der Waals surface area contributed by atoms with Crippen LogP contribution in [0.2, 0.25) is 0 Å². The molecule has 0 radical (unpaired) electrons. The highest BCUT2D eigenvalue weighted by Crippen LogP contribution is 2.50. The van der Waals surface area contributed by atoms with Crippen LogP contribution in [0.15, 0.2) is 103 Å². The van der Waals surface area contributed by atoms with E-state index in [-0.39, 0.29) is 0 Å². The average Bonchev–Trinajstić information content (AvgIpc) is 3.73. The van der Waals surface area contributed by atoms with E-state index in [1.54, 1.807) is 0 Å². The molecule has 0 atom stereocenters. The highest BCUT2D eigenvalue weighted by atomic mass is 32.1. The van der Waals surface area contributed by atoms with Crippen LogP contribution in [-0.4, -0.2) is 4.57 Å². The van der Waals surface area contributed by atoms with Crippen molar-refractivity contribution in [2.24, 2.45) is 0 Å². The number of hydrogen-bond donors (Lipinski definition) is 0. The Kier molecular flexibility index (Phi) is 5.19. The maximum atomic E-state index is 10.3. The third-order valence-corrected chi connectivity index (χ3v) is 11.4. The molecule has 5 aromatic carbocycles. The fourth-order valence-corrected chi connectivity index (χ4v) is 9.59. The number of nitrogens with zero attached hydrogens (tertiary/aromatic N) is 3. The zero-order valence-electron chi connectivity index (χ0n) is 22.9. The van der Waals surface area contributed by atoms with E-state index < -0.39 is 0 Å². The van der Waals surface area contributed by atoms with Gasteiger partial charge in [0.05, 0.1) is 40.0 Å². The van der Waals surface area contributed by atoms with E-state index in [0.717, 1.165) is 46.3 Å². The normalized spacial score (nSPS) is 12.4. The van der Waals surface area contributed by atoms with Gasteiger partial charge in [0.15, 0.2) is 0 Å². The van der Waals surface area contributed by atoms with Gasteiger partial charge in [-0.15, -0.1) is 22.7 Å². The summed E-state index contributed by atoms with van der Waals surface area (Å²) in [4.78, 5) is 2.70. The molecule has 3 nitrogen and oxygen atoms in total. The molecule has 0 aliphatic heterocycles. The van der Waals surface area contributed by atoms with E-state index >= 15 is 0 Å². The molecule has 0 amide bonds. The van der Waals surface area contributed by atoms with E-state index in [2.05, 4.69) is 102 Å². The number of benzene rings is 5. The number of aromatic nitrogens is 1. The standard InChI is InChI=1S/C38H21N3S2/c39-20-22-12-16-34-29(18-22)27-14-15-28-30-19-23(13-17-35(30)43-38(28)37(27)42-34)36-24(21-40)6-5-11-33(36)41-31-9-3-1-7-25(31)26-8-2-4-10-32(26)41/h1-13,16-19H,14-15H2. The number of aryl methyl sites for hydroxylation is 2. The summed E-state index contributed by atoms with van der Waals surface area (Å²) in [6.45, 7) is 0. The van der Waals surface area contributed by atoms with Crippen LogP contribution in [0.4, 0.5) is 0 Å². The first-order valence-electron chi connectivity index (χ1n) is 14.3. The summed E-state index contributed by atoms with van der Waals surface area (Å²) in [5.74, 6) is 0. The highest BCUT2D eigenvalue weighted by molar-refractivity contribution is 7.29. The molecule has 43 heavy (non-hydrogen) atoms. The van der Waals surface area contributed by atoms with Crippen LogP contribution < -0.4 is 0 Å². The van der Waals surface area contributed by atoms with E-state index in [4.69, 9.17) is 0 Å². The lowest BCUT2D eigenvalue weighted by atomic mass is 9.91. The van der Waals surface area contributed by atoms with Crippen molar-refractivity contribution in [2.45, 2.75) is 12.8 Å². The number of para-hydroxylation sites is 2. The van der Waals surface area contributed by atoms with Crippen molar-refractivity contribution in [1.29, 1.82) is 10.5 Å². The number of rotatable bonds is 2. The first-order valence-corrected chi connectivity index (χ1v) is 15.9. The van der Waals surface area contributed by atoms with Gasteiger partial charge in [0.1, 0.15) is 0 Å². The van der Waals surface area contributed by atoms with E-state index in [1.165, 1.54) is 51.8 Å². The minimum atomic E-state index is 0.669. The zero-order valence-corrected chi connectivity index (χ0v) is 24.5. The Balaban J connectivity index is 1.28. The molecule has 0 N–H and O–H groups in total. The number of hydrogen-bond acceptors (Lipinski definition) is 4. The highest BCUT2D eigenvalue weighted by Gasteiger charge is 2.26. The van der Waals surface area contributed by atoms with Gasteiger partial charge >= 0.3 is 0 Å². The average molecular weight is 584 g/mol. The summed E-state index contributed by atoms with van der Waals surface area (Å²) in [6, 6.07) is 40.7. The number of nitriles is 2. The van der Waals surface area contributed by atoms with Gasteiger partial charge < -0.3 is 4.57 Å². The summed E-state index contributed by atoms with van der Waals surface area (Å²) < 4.78 is 4.82. The van der Waals surface area contributed by atoms with Gasteiger partial charge in [-0.25, -0.2) is 0 Å². The zero-order chi connectivity index (χ0) is 28.7. The summed E-state index contributed by atoms with van der Waals surface area (Å²) in [5, 5.41) is 24.7. The van der Waals surface area contributed by atoms with Crippen LogP contribution in [0, 0.1) is 22.7 Å². The molecule has 9 rings (SSSR count). The van der Waals surface area contributed by atoms with Gasteiger partial charge in [0.2, 0.25) is 0 Å². The van der Waals surface area contributed by atoms with Crippen molar-refractivity contribution in [3.8, 4) is 38.7 Å². The van der Waals surface area contributed by atoms with E-state index in [9.17, 15) is 10.5 Å². The molecule has 3 aromatic heterocycles. The molecular formula is C38H21N3S2. The smallest absolute Gasteiger partial charge is 0.0998 e. The molecule has 0 saturated heterocycles. The molecule has 0 unspecified atom stereocenters. The van der Waals surface area contributed by atoms with Crippen molar-refractivity contribution in [3.05, 3.63) is 125 Å². The Bertz CT molecular complexity index is 2490. The van der Waals surface area contributed by atoms with E-state index in [0.29, 0.717) is 5.56 Å². The fourth-order valence-electron chi connectivity index (χ4n) is 6.94. The molecule has 8 aromatic rings. The van der Waals surface area contributed by atoms with Gasteiger partial charge in [-0.05, 0) is 94.9 Å². The molecule has 0 bridgehead atoms. The molecule has 3 heterocycles. The van der Waals surface area contributed by atoms with Gasteiger partial charge in [-0.2, -0.15) is 10.5 Å². The summed E-state index contributed by atoms with van der Waals surface area (Å²) in [5.41, 5.74) is 9.45. The molecule has 0 saturated carbocycles. The number of thiophene rings is 2. The molecule has 1 aliphatic carbocycles. The molecule has 200 valence electrons. The van der Waals surface area contributed by atoms with Crippen molar-refractivity contribution in [3.63, 3.8) is 0 Å². The Morgan fingerprint density at radius 1 is 0.581 bits per heavy atom. The minimum absolute atomic E-state index is 0.669. The second kappa shape index (κ2) is 9.15. The number of fused-ring (bicyclic) bond motifs is 10. The monoisotopic (exact) mass is 583 g/mol. The summed E-state index contributed by atoms with van der Waals surface area (Å²) in [6.07, 6.45) is 1.93. The second-order valence-corrected chi connectivity index (χ2v) is 13.1. The largest absolute Gasteiger partial charge is 0.309 e. The Morgan fingerprint density at radius 2 is 1.21 bits per heavy atom. The first-order chi connectivity index (χ1) is 21.2. The fraction of sp³-hybridized carbons (Fsp3) is 0.0526. The summed E-state index contributed by atoms with van der Waals surface area (Å²) in [7, 11) is 0. The van der Waals surface area contributed by atoms with Crippen LogP contribution >= 0.6 is 22.7 Å². The Hall–Kier alpha value is -5.20. The second-order valence-electron chi connectivity index (χ2n) is 11.0. The molecular weight excluding hydrogens is 563 g/mol. The Morgan fingerprint density at radius 3 is 1.86 bits per heavy atom. The van der Waals surface area contributed by atoms with Crippen molar-refractivity contribution >= 4 is 64.7 Å². The molecule has 0 fully saturated rings. The van der Waals surface area contributed by atoms with Crippen LogP contribution in [-0.2, 0) is 12.8 Å². The van der Waals surface area contributed by atoms with Gasteiger partial charge in [-0.3, -0.25) is 0 Å². The molecule has 5 heteroatoms. The quantitative estimate of drug-likeness (QED) is 0.203. The third-order valence-electron chi connectivity index (χ3n) is 8.81. The minimum Gasteiger partial charge on any atom is -0.309 e. The Labute approximate surface area is 255 Å². The maximum absolute atomic E-state index is 10.3. The van der Waals surface area contributed by atoms with Gasteiger partial charge in [0, 0.05) is 35.5 Å². The molecule has 1 aliphatic rings. The maximum Gasteiger partial charge on any atom is 0.0998 e. The lowest BCUT2D eigenvalue weighted by Gasteiger charge is -2.16. The predicted octanol–water partition coefficient (Wildman–Crippen LogP) is 10.4. The van der Waals surface area contributed by atoms with Crippen LogP contribution in [0.1, 0.15) is 22.3 Å². The lowest BCUT2D eigenvalue weighted by molar-refractivity contribution is 0.973. The predicted molar refractivity (Wildman–Crippen MR) is 179 cm³/mol. The van der Waals surface area contributed by atoms with Crippen molar-refractivity contribution in [2.75, 3.05) is 0 Å². The third kappa shape index (κ3) is 3.44. The van der Waals surface area contributed by atoms with Crippen LogP contribution in [0.3, 0.4) is 0 Å². The molecule has 0 spiro atoms. The van der Waals surface area contributed by atoms with E-state index in [1.807, 2.05) is 40.9 Å². The SMILES string of the molecule is N#Cc1ccc2sc3c(c2c1)CCc1c-3sc2ccc(-c3c(C#N)cccc3-n3c4ccccc4c4ccccc43)cc12. The van der Waals surface area contributed by atoms with Crippen molar-refractivity contribution in [1.82, 2.24) is 4.57 Å². The summed E-state index contributed by atoms with van der Waals surface area (Å²) >= 11 is 3.70. The lowest BCUT2D eigenvalue weighted by Crippen LogP contribution is -2.00. The van der Waals surface area contributed by atoms with Crippen LogP contribution in [0.25, 0.3) is 68.5 Å². The van der Waals surface area contributed by atoms with Gasteiger partial charge in [0.25, 0.3) is 0 Å². The first kappa shape index (κ1) is 24.4. The van der Waals surface area contributed by atoms with Crippen molar-refractivity contribution < 1.29 is 0 Å². The van der Waals surface area contributed by atoms with Crippen LogP contribution in [0.5, 0.6) is 0 Å². The topological polar surface area (TPSA) is 52.5 Å².